The van der Waals surface area contributed by atoms with Crippen LogP contribution in [0.3, 0.4) is 0 Å². The molecule has 1 rings (SSSR count). The molecular formula is C8H15NO4. The lowest BCUT2D eigenvalue weighted by Gasteiger charge is -1.98. The number of nitrogens with zero attached hydrogens (tertiary/aromatic N) is 1. The summed E-state index contributed by atoms with van der Waals surface area (Å²) in [6.45, 7) is 5.67. The second kappa shape index (κ2) is 6.56. The third-order valence-electron chi connectivity index (χ3n) is 1.43. The van der Waals surface area contributed by atoms with Gasteiger partial charge in [-0.15, -0.1) is 0 Å². The highest BCUT2D eigenvalue weighted by atomic mass is 16.5. The molecule has 1 aliphatic heterocycles. The molecule has 1 heterocycles. The average Bonchev–Trinajstić information content (AvgIpc) is 2.39. The molecule has 1 N–H and O–H groups in total. The first-order valence-electron chi connectivity index (χ1n) is 4.25. The molecule has 0 aromatic carbocycles. The van der Waals surface area contributed by atoms with Crippen LogP contribution in [-0.2, 0) is 14.3 Å². The first-order valence-corrected chi connectivity index (χ1v) is 4.25. The van der Waals surface area contributed by atoms with Crippen LogP contribution in [0.4, 0.5) is 0 Å². The SMILES string of the molecule is CCOCC.O=C1CCC(=O)N1O. The number of hydrogen-bond acceptors (Lipinski definition) is 4. The third kappa shape index (κ3) is 4.59. The van der Waals surface area contributed by atoms with Crippen LogP contribution in [0.25, 0.3) is 0 Å². The summed E-state index contributed by atoms with van der Waals surface area (Å²) in [5, 5.41) is 8.57. The van der Waals surface area contributed by atoms with Gasteiger partial charge in [-0.25, -0.2) is 0 Å². The number of rotatable bonds is 2. The molecular weight excluding hydrogens is 174 g/mol. The molecule has 0 bridgehead atoms. The molecule has 0 atom stereocenters. The van der Waals surface area contributed by atoms with E-state index in [2.05, 4.69) is 0 Å². The van der Waals surface area contributed by atoms with Crippen LogP contribution in [-0.4, -0.2) is 35.3 Å². The Morgan fingerprint density at radius 1 is 1.23 bits per heavy atom. The summed E-state index contributed by atoms with van der Waals surface area (Å²) in [7, 11) is 0. The Morgan fingerprint density at radius 2 is 1.62 bits per heavy atom. The molecule has 1 aliphatic rings. The topological polar surface area (TPSA) is 66.8 Å². The van der Waals surface area contributed by atoms with E-state index in [1.165, 1.54) is 0 Å². The van der Waals surface area contributed by atoms with Crippen molar-refractivity contribution in [3.05, 3.63) is 0 Å². The van der Waals surface area contributed by atoms with E-state index >= 15 is 0 Å². The van der Waals surface area contributed by atoms with Crippen molar-refractivity contribution in [3.63, 3.8) is 0 Å². The molecule has 76 valence electrons. The van der Waals surface area contributed by atoms with E-state index in [1.54, 1.807) is 0 Å². The van der Waals surface area contributed by atoms with E-state index in [-0.39, 0.29) is 17.9 Å². The highest BCUT2D eigenvalue weighted by Crippen LogP contribution is 2.06. The molecule has 1 fully saturated rings. The van der Waals surface area contributed by atoms with Gasteiger partial charge in [0.2, 0.25) is 0 Å². The maximum Gasteiger partial charge on any atom is 0.253 e. The fourth-order valence-electron chi connectivity index (χ4n) is 0.769. The van der Waals surface area contributed by atoms with Gasteiger partial charge in [0.05, 0.1) is 0 Å². The first-order chi connectivity index (χ1) is 6.13. The number of carbonyl (C=O) groups is 2. The van der Waals surface area contributed by atoms with Gasteiger partial charge in [0.15, 0.2) is 0 Å². The lowest BCUT2D eigenvalue weighted by molar-refractivity contribution is -0.171. The van der Waals surface area contributed by atoms with Crippen LogP contribution in [0.5, 0.6) is 0 Å². The van der Waals surface area contributed by atoms with Crippen LogP contribution in [0.1, 0.15) is 26.7 Å². The predicted octanol–water partition coefficient (Wildman–Crippen LogP) is 0.567. The smallest absolute Gasteiger partial charge is 0.253 e. The minimum Gasteiger partial charge on any atom is -0.382 e. The maximum absolute atomic E-state index is 10.2. The predicted molar refractivity (Wildman–Crippen MR) is 45.0 cm³/mol. The summed E-state index contributed by atoms with van der Waals surface area (Å²) < 4.78 is 4.83. The molecule has 13 heavy (non-hydrogen) atoms. The van der Waals surface area contributed by atoms with Crippen molar-refractivity contribution in [2.45, 2.75) is 26.7 Å². The summed E-state index contributed by atoms with van der Waals surface area (Å²) in [5.41, 5.74) is 0. The van der Waals surface area contributed by atoms with E-state index < -0.39 is 11.8 Å². The van der Waals surface area contributed by atoms with Gasteiger partial charge in [-0.3, -0.25) is 14.8 Å². The lowest BCUT2D eigenvalue weighted by atomic mass is 10.4. The molecule has 0 aromatic heterocycles. The fraction of sp³-hybridized carbons (Fsp3) is 0.750. The molecule has 5 nitrogen and oxygen atoms in total. The zero-order valence-corrected chi connectivity index (χ0v) is 7.95. The molecule has 0 aromatic rings. The third-order valence-corrected chi connectivity index (χ3v) is 1.43. The van der Waals surface area contributed by atoms with Crippen molar-refractivity contribution in [3.8, 4) is 0 Å². The minimum absolute atomic E-state index is 0.148. The Morgan fingerprint density at radius 3 is 1.69 bits per heavy atom. The zero-order valence-electron chi connectivity index (χ0n) is 7.95. The highest BCUT2D eigenvalue weighted by molar-refractivity contribution is 6.00. The summed E-state index contributed by atoms with van der Waals surface area (Å²) in [5.74, 6) is -1.01. The molecule has 5 heteroatoms. The Kier molecular flexibility index (Phi) is 6.09. The number of hydrogen-bond donors (Lipinski definition) is 1. The van der Waals surface area contributed by atoms with Crippen molar-refractivity contribution >= 4 is 11.8 Å². The van der Waals surface area contributed by atoms with Gasteiger partial charge < -0.3 is 4.74 Å². The Bertz CT molecular complexity index is 163. The van der Waals surface area contributed by atoms with Gasteiger partial charge in [0.25, 0.3) is 11.8 Å². The maximum atomic E-state index is 10.2. The number of hydroxylamine groups is 2. The number of imide groups is 1. The average molecular weight is 189 g/mol. The van der Waals surface area contributed by atoms with Crippen LogP contribution >= 0.6 is 0 Å². The van der Waals surface area contributed by atoms with Gasteiger partial charge >= 0.3 is 0 Å². The molecule has 0 saturated carbocycles. The van der Waals surface area contributed by atoms with Gasteiger partial charge in [-0.1, -0.05) is 0 Å². The van der Waals surface area contributed by atoms with Gasteiger partial charge in [-0.2, -0.15) is 5.06 Å². The van der Waals surface area contributed by atoms with Gasteiger partial charge in [-0.05, 0) is 13.8 Å². The van der Waals surface area contributed by atoms with Crippen LogP contribution < -0.4 is 0 Å². The van der Waals surface area contributed by atoms with Crippen LogP contribution in [0, 0.1) is 0 Å². The molecule has 1 saturated heterocycles. The summed E-state index contributed by atoms with van der Waals surface area (Å²) in [6.07, 6.45) is 0.296. The first kappa shape index (κ1) is 12.1. The number of carbonyl (C=O) groups excluding carboxylic acids is 2. The van der Waals surface area contributed by atoms with Gasteiger partial charge in [0, 0.05) is 26.1 Å². The normalized spacial score (nSPS) is 15.8. The van der Waals surface area contributed by atoms with E-state index in [0.717, 1.165) is 13.2 Å². The van der Waals surface area contributed by atoms with Crippen molar-refractivity contribution < 1.29 is 19.5 Å². The molecule has 0 aliphatic carbocycles. The van der Waals surface area contributed by atoms with Gasteiger partial charge in [0.1, 0.15) is 0 Å². The Labute approximate surface area is 77.2 Å². The highest BCUT2D eigenvalue weighted by Gasteiger charge is 2.26. The molecule has 0 unspecified atom stereocenters. The van der Waals surface area contributed by atoms with E-state index in [1.807, 2.05) is 13.8 Å². The quantitative estimate of drug-likeness (QED) is 0.509. The monoisotopic (exact) mass is 189 g/mol. The second-order valence-electron chi connectivity index (χ2n) is 2.38. The number of amides is 2. The summed E-state index contributed by atoms with van der Waals surface area (Å²) >= 11 is 0. The van der Waals surface area contributed by atoms with Crippen molar-refractivity contribution in [1.29, 1.82) is 0 Å². The fourth-order valence-corrected chi connectivity index (χ4v) is 0.769. The lowest BCUT2D eigenvalue weighted by Crippen LogP contribution is -2.24. The largest absolute Gasteiger partial charge is 0.382 e. The van der Waals surface area contributed by atoms with Crippen LogP contribution in [0.15, 0.2) is 0 Å². The van der Waals surface area contributed by atoms with E-state index in [9.17, 15) is 9.59 Å². The molecule has 2 amide bonds. The standard InChI is InChI=1S/C4H5NO3.C4H10O/c6-3-1-2-4(7)5(3)8;1-3-5-4-2/h8H,1-2H2;3-4H2,1-2H3. The Hall–Kier alpha value is -0.940. The zero-order chi connectivity index (χ0) is 10.3. The van der Waals surface area contributed by atoms with Crippen molar-refractivity contribution in [2.24, 2.45) is 0 Å². The summed E-state index contributed by atoms with van der Waals surface area (Å²) in [4.78, 5) is 20.5. The second-order valence-corrected chi connectivity index (χ2v) is 2.38. The van der Waals surface area contributed by atoms with E-state index in [4.69, 9.17) is 9.94 Å². The Balaban J connectivity index is 0.000000252. The summed E-state index contributed by atoms with van der Waals surface area (Å²) in [6, 6.07) is 0. The molecule has 0 radical (unpaired) electrons. The number of ether oxygens (including phenoxy) is 1. The van der Waals surface area contributed by atoms with Crippen molar-refractivity contribution in [1.82, 2.24) is 5.06 Å². The van der Waals surface area contributed by atoms with Crippen molar-refractivity contribution in [2.75, 3.05) is 13.2 Å². The van der Waals surface area contributed by atoms with E-state index in [0.29, 0.717) is 0 Å². The molecule has 0 spiro atoms. The van der Waals surface area contributed by atoms with Crippen LogP contribution in [0.2, 0.25) is 0 Å². The minimum atomic E-state index is -0.505.